The molecule has 2 N–H and O–H groups in total. The van der Waals surface area contributed by atoms with Crippen LogP contribution in [0.2, 0.25) is 0 Å². The lowest BCUT2D eigenvalue weighted by Gasteiger charge is -2.08. The number of ether oxygens (including phenoxy) is 1. The van der Waals surface area contributed by atoms with E-state index >= 15 is 0 Å². The van der Waals surface area contributed by atoms with E-state index in [1.165, 1.54) is 10.8 Å². The van der Waals surface area contributed by atoms with E-state index < -0.39 is 0 Å². The van der Waals surface area contributed by atoms with Crippen LogP contribution in [0.4, 0.5) is 5.69 Å². The van der Waals surface area contributed by atoms with Gasteiger partial charge in [0.1, 0.15) is 5.75 Å². The summed E-state index contributed by atoms with van der Waals surface area (Å²) in [6.07, 6.45) is 0. The molecule has 0 aliphatic heterocycles. The van der Waals surface area contributed by atoms with Crippen LogP contribution >= 0.6 is 0 Å². The van der Waals surface area contributed by atoms with Crippen molar-refractivity contribution in [2.24, 2.45) is 0 Å². The number of fused-ring (bicyclic) bond motifs is 1. The molecular formula is C14H18N2O. The number of anilines is 1. The second kappa shape index (κ2) is 5.55. The monoisotopic (exact) mass is 230 g/mol. The summed E-state index contributed by atoms with van der Waals surface area (Å²) in [7, 11) is 3.64. The van der Waals surface area contributed by atoms with Crippen LogP contribution in [0, 0.1) is 0 Å². The van der Waals surface area contributed by atoms with E-state index in [9.17, 15) is 0 Å². The second-order valence-electron chi connectivity index (χ2n) is 3.96. The molecule has 0 aliphatic carbocycles. The Hall–Kier alpha value is -1.74. The summed E-state index contributed by atoms with van der Waals surface area (Å²) >= 11 is 0. The van der Waals surface area contributed by atoms with Gasteiger partial charge < -0.3 is 15.4 Å². The van der Waals surface area contributed by atoms with Crippen LogP contribution in [-0.2, 0) is 0 Å². The van der Waals surface area contributed by atoms with E-state index in [0.717, 1.165) is 24.5 Å². The third-order valence-electron chi connectivity index (χ3n) is 2.75. The number of rotatable bonds is 5. The Bertz CT molecular complexity index is 497. The smallest absolute Gasteiger partial charge is 0.119 e. The Morgan fingerprint density at radius 3 is 2.53 bits per heavy atom. The number of hydrogen-bond acceptors (Lipinski definition) is 3. The van der Waals surface area contributed by atoms with Crippen molar-refractivity contribution in [3.63, 3.8) is 0 Å². The molecule has 0 fully saturated rings. The normalized spacial score (nSPS) is 10.5. The van der Waals surface area contributed by atoms with E-state index in [4.69, 9.17) is 4.74 Å². The highest BCUT2D eigenvalue weighted by Crippen LogP contribution is 2.23. The lowest BCUT2D eigenvalue weighted by atomic mass is 10.1. The summed E-state index contributed by atoms with van der Waals surface area (Å²) in [5.74, 6) is 0.897. The number of nitrogens with one attached hydrogen (secondary N) is 2. The molecular weight excluding hydrogens is 212 g/mol. The maximum Gasteiger partial charge on any atom is 0.119 e. The van der Waals surface area contributed by atoms with E-state index in [1.54, 1.807) is 7.11 Å². The highest BCUT2D eigenvalue weighted by Gasteiger charge is 1.98. The van der Waals surface area contributed by atoms with Crippen molar-refractivity contribution in [3.8, 4) is 5.75 Å². The Morgan fingerprint density at radius 1 is 1.00 bits per heavy atom. The number of hydrogen-bond donors (Lipinski definition) is 2. The molecule has 0 unspecified atom stereocenters. The van der Waals surface area contributed by atoms with Crippen LogP contribution in [0.5, 0.6) is 5.75 Å². The van der Waals surface area contributed by atoms with Gasteiger partial charge in [0.15, 0.2) is 0 Å². The third-order valence-corrected chi connectivity index (χ3v) is 2.75. The highest BCUT2D eigenvalue weighted by molar-refractivity contribution is 5.86. The van der Waals surface area contributed by atoms with Crippen LogP contribution in [0.25, 0.3) is 10.8 Å². The maximum atomic E-state index is 5.21. The lowest BCUT2D eigenvalue weighted by molar-refractivity contribution is 0.415. The largest absolute Gasteiger partial charge is 0.497 e. The molecule has 90 valence electrons. The second-order valence-corrected chi connectivity index (χ2v) is 3.96. The van der Waals surface area contributed by atoms with Gasteiger partial charge in [-0.3, -0.25) is 0 Å². The van der Waals surface area contributed by atoms with Gasteiger partial charge >= 0.3 is 0 Å². The topological polar surface area (TPSA) is 33.3 Å². The van der Waals surface area contributed by atoms with Gasteiger partial charge in [-0.2, -0.15) is 0 Å². The zero-order valence-electron chi connectivity index (χ0n) is 10.3. The van der Waals surface area contributed by atoms with Crippen LogP contribution in [0.3, 0.4) is 0 Å². The molecule has 0 atom stereocenters. The van der Waals surface area contributed by atoms with Crippen LogP contribution in [-0.4, -0.2) is 27.2 Å². The van der Waals surface area contributed by atoms with Crippen molar-refractivity contribution in [1.82, 2.24) is 5.32 Å². The first-order chi connectivity index (χ1) is 8.33. The molecule has 0 spiro atoms. The van der Waals surface area contributed by atoms with E-state index in [2.05, 4.69) is 34.9 Å². The van der Waals surface area contributed by atoms with E-state index in [1.807, 2.05) is 19.2 Å². The van der Waals surface area contributed by atoms with Crippen LogP contribution in [0.15, 0.2) is 36.4 Å². The minimum atomic E-state index is 0.897. The minimum Gasteiger partial charge on any atom is -0.497 e. The van der Waals surface area contributed by atoms with Gasteiger partial charge in [-0.15, -0.1) is 0 Å². The molecule has 0 aromatic heterocycles. The Morgan fingerprint density at radius 2 is 1.76 bits per heavy atom. The molecule has 2 rings (SSSR count). The molecule has 3 nitrogen and oxygen atoms in total. The van der Waals surface area contributed by atoms with Crippen molar-refractivity contribution < 1.29 is 4.74 Å². The molecule has 0 saturated heterocycles. The fourth-order valence-corrected chi connectivity index (χ4v) is 1.79. The molecule has 2 aromatic rings. The summed E-state index contributed by atoms with van der Waals surface area (Å²) in [6.45, 7) is 1.89. The predicted molar refractivity (Wildman–Crippen MR) is 72.9 cm³/mol. The Kier molecular flexibility index (Phi) is 3.83. The number of methoxy groups -OCH3 is 1. The van der Waals surface area contributed by atoms with E-state index in [0.29, 0.717) is 0 Å². The fraction of sp³-hybridized carbons (Fsp3) is 0.286. The first-order valence-corrected chi connectivity index (χ1v) is 5.80. The van der Waals surface area contributed by atoms with Crippen LogP contribution in [0.1, 0.15) is 0 Å². The first kappa shape index (κ1) is 11.7. The average molecular weight is 230 g/mol. The van der Waals surface area contributed by atoms with Gasteiger partial charge in [-0.05, 0) is 42.1 Å². The molecule has 0 aliphatic rings. The van der Waals surface area contributed by atoms with E-state index in [-0.39, 0.29) is 0 Å². The van der Waals surface area contributed by atoms with Gasteiger partial charge in [0, 0.05) is 18.8 Å². The maximum absolute atomic E-state index is 5.21. The number of likely N-dealkylation sites (N-methyl/N-ethyl adjacent to an activating group) is 1. The standard InChI is InChI=1S/C14H18N2O/c1-15-7-8-16-13-5-3-12-10-14(17-2)6-4-11(12)9-13/h3-6,9-10,15-16H,7-8H2,1-2H3. The molecule has 2 aromatic carbocycles. The fourth-order valence-electron chi connectivity index (χ4n) is 1.79. The van der Waals surface area contributed by atoms with Crippen LogP contribution < -0.4 is 15.4 Å². The van der Waals surface area contributed by atoms with Gasteiger partial charge in [-0.25, -0.2) is 0 Å². The first-order valence-electron chi connectivity index (χ1n) is 5.80. The number of benzene rings is 2. The van der Waals surface area contributed by atoms with Gasteiger partial charge in [0.2, 0.25) is 0 Å². The van der Waals surface area contributed by atoms with Crippen molar-refractivity contribution in [1.29, 1.82) is 0 Å². The van der Waals surface area contributed by atoms with Gasteiger partial charge in [-0.1, -0.05) is 12.1 Å². The zero-order valence-corrected chi connectivity index (χ0v) is 10.3. The molecule has 17 heavy (non-hydrogen) atoms. The predicted octanol–water partition coefficient (Wildman–Crippen LogP) is 2.48. The molecule has 0 heterocycles. The molecule has 0 amide bonds. The molecule has 0 radical (unpaired) electrons. The Labute approximate surface area is 102 Å². The summed E-state index contributed by atoms with van der Waals surface area (Å²) in [5, 5.41) is 8.90. The van der Waals surface area contributed by atoms with Gasteiger partial charge in [0.25, 0.3) is 0 Å². The summed E-state index contributed by atoms with van der Waals surface area (Å²) in [6, 6.07) is 12.5. The quantitative estimate of drug-likeness (QED) is 0.774. The summed E-state index contributed by atoms with van der Waals surface area (Å²) in [4.78, 5) is 0. The SMILES string of the molecule is CNCCNc1ccc2cc(OC)ccc2c1. The average Bonchev–Trinajstić information content (AvgIpc) is 2.38. The summed E-state index contributed by atoms with van der Waals surface area (Å²) in [5.41, 5.74) is 1.15. The third kappa shape index (κ3) is 2.88. The van der Waals surface area contributed by atoms with Crippen molar-refractivity contribution in [2.45, 2.75) is 0 Å². The molecule has 0 bridgehead atoms. The minimum absolute atomic E-state index is 0.897. The van der Waals surface area contributed by atoms with Crippen molar-refractivity contribution >= 4 is 16.5 Å². The summed E-state index contributed by atoms with van der Waals surface area (Å²) < 4.78 is 5.21. The Balaban J connectivity index is 2.19. The van der Waals surface area contributed by atoms with Crippen molar-refractivity contribution in [3.05, 3.63) is 36.4 Å². The van der Waals surface area contributed by atoms with Gasteiger partial charge in [0.05, 0.1) is 7.11 Å². The molecule has 3 heteroatoms. The highest BCUT2D eigenvalue weighted by atomic mass is 16.5. The zero-order chi connectivity index (χ0) is 12.1. The molecule has 0 saturated carbocycles. The van der Waals surface area contributed by atoms with Crippen molar-refractivity contribution in [2.75, 3.05) is 32.6 Å². The lowest BCUT2D eigenvalue weighted by Crippen LogP contribution is -2.17.